The third-order valence-electron chi connectivity index (χ3n) is 8.09. The Morgan fingerprint density at radius 3 is 2.39 bits per heavy atom. The number of amides is 1. The molecule has 1 amide bonds. The molecular formula is C28H37N3O7. The van der Waals surface area contributed by atoms with Gasteiger partial charge in [0.05, 0.1) is 5.56 Å². The van der Waals surface area contributed by atoms with E-state index in [2.05, 4.69) is 18.7 Å². The number of hydrogen-bond donors (Lipinski definition) is 5. The zero-order chi connectivity index (χ0) is 28.3. The number of Topliss-reactive ketones (excluding diaryl/α,β-unsaturated/α-hetero) is 2. The van der Waals surface area contributed by atoms with Crippen LogP contribution in [0, 0.1) is 17.8 Å². The van der Waals surface area contributed by atoms with Crippen LogP contribution in [0.25, 0.3) is 0 Å². The number of carbonyl (C=O) groups is 3. The van der Waals surface area contributed by atoms with Gasteiger partial charge in [0, 0.05) is 44.2 Å². The number of allylic oxidation sites excluding steroid dienone is 2. The van der Waals surface area contributed by atoms with E-state index in [-0.39, 0.29) is 36.1 Å². The summed E-state index contributed by atoms with van der Waals surface area (Å²) in [5.74, 6) is -5.70. The lowest BCUT2D eigenvalue weighted by Gasteiger charge is -2.46. The van der Waals surface area contributed by atoms with Gasteiger partial charge in [-0.1, -0.05) is 13.8 Å². The van der Waals surface area contributed by atoms with Crippen LogP contribution >= 0.6 is 0 Å². The average molecular weight is 528 g/mol. The van der Waals surface area contributed by atoms with Crippen molar-refractivity contribution in [3.8, 4) is 5.75 Å². The molecule has 0 aromatic heterocycles. The number of hydrogen-bond acceptors (Lipinski definition) is 9. The quantitative estimate of drug-likeness (QED) is 0.334. The SMILES string of the molecule is CC(C)CCN(C)Cc1cc(O)c2c(c1N(C)C)CC1C[C@H]3CC(O)=C(C(N)=O)C(=O)[C@@]3(O)C(O)=C1C2=O. The molecule has 1 aromatic rings. The van der Waals surface area contributed by atoms with Crippen LogP contribution in [0.1, 0.15) is 54.6 Å². The van der Waals surface area contributed by atoms with E-state index in [1.165, 1.54) is 0 Å². The summed E-state index contributed by atoms with van der Waals surface area (Å²) >= 11 is 0. The molecule has 0 spiro atoms. The minimum Gasteiger partial charge on any atom is -0.511 e. The van der Waals surface area contributed by atoms with Crippen molar-refractivity contribution in [3.63, 3.8) is 0 Å². The highest BCUT2D eigenvalue weighted by Gasteiger charge is 2.59. The van der Waals surface area contributed by atoms with Gasteiger partial charge < -0.3 is 36.0 Å². The number of fused-ring (bicyclic) bond motifs is 3. The summed E-state index contributed by atoms with van der Waals surface area (Å²) in [6.45, 7) is 5.74. The van der Waals surface area contributed by atoms with Crippen molar-refractivity contribution in [2.24, 2.45) is 23.5 Å². The molecular weight excluding hydrogens is 490 g/mol. The second-order valence-corrected chi connectivity index (χ2v) is 11.5. The Labute approximate surface area is 222 Å². The Hall–Kier alpha value is -3.37. The Bertz CT molecular complexity index is 1280. The van der Waals surface area contributed by atoms with E-state index in [4.69, 9.17) is 5.73 Å². The van der Waals surface area contributed by atoms with E-state index >= 15 is 0 Å². The second kappa shape index (κ2) is 9.74. The Morgan fingerprint density at radius 2 is 1.82 bits per heavy atom. The topological polar surface area (TPSA) is 165 Å². The molecule has 6 N–H and O–H groups in total. The molecule has 10 heteroatoms. The molecule has 1 unspecified atom stereocenters. The van der Waals surface area contributed by atoms with Gasteiger partial charge in [-0.2, -0.15) is 0 Å². The Morgan fingerprint density at radius 1 is 1.16 bits per heavy atom. The van der Waals surface area contributed by atoms with Crippen molar-refractivity contribution in [3.05, 3.63) is 45.4 Å². The zero-order valence-electron chi connectivity index (χ0n) is 22.5. The van der Waals surface area contributed by atoms with E-state index in [1.54, 1.807) is 6.07 Å². The lowest BCUT2D eigenvalue weighted by Crippen LogP contribution is -2.57. The summed E-state index contributed by atoms with van der Waals surface area (Å²) in [6.07, 6.45) is 1.15. The van der Waals surface area contributed by atoms with E-state index in [1.807, 2.05) is 26.0 Å². The maximum Gasteiger partial charge on any atom is 0.255 e. The van der Waals surface area contributed by atoms with Gasteiger partial charge in [0.25, 0.3) is 5.91 Å². The largest absolute Gasteiger partial charge is 0.511 e. The van der Waals surface area contributed by atoms with Crippen LogP contribution in [0.4, 0.5) is 5.69 Å². The first-order chi connectivity index (χ1) is 17.7. The van der Waals surface area contributed by atoms with Crippen LogP contribution in [0.2, 0.25) is 0 Å². The molecule has 10 nitrogen and oxygen atoms in total. The third kappa shape index (κ3) is 4.25. The molecule has 0 aliphatic heterocycles. The number of aliphatic hydroxyl groups is 3. The van der Waals surface area contributed by atoms with E-state index in [0.717, 1.165) is 24.2 Å². The van der Waals surface area contributed by atoms with Gasteiger partial charge in [-0.3, -0.25) is 14.4 Å². The van der Waals surface area contributed by atoms with Crippen molar-refractivity contribution in [1.82, 2.24) is 4.90 Å². The number of nitrogens with two attached hydrogens (primary N) is 1. The minimum absolute atomic E-state index is 0.0268. The Kier molecular flexibility index (Phi) is 7.09. The van der Waals surface area contributed by atoms with Crippen LogP contribution in [-0.2, 0) is 22.6 Å². The molecule has 0 saturated heterocycles. The molecule has 0 radical (unpaired) electrons. The summed E-state index contributed by atoms with van der Waals surface area (Å²) in [5.41, 5.74) is 4.08. The number of carbonyl (C=O) groups excluding carboxylic acids is 3. The maximum absolute atomic E-state index is 13.8. The summed E-state index contributed by atoms with van der Waals surface area (Å²) in [6, 6.07) is 1.56. The van der Waals surface area contributed by atoms with Crippen LogP contribution in [0.3, 0.4) is 0 Å². The smallest absolute Gasteiger partial charge is 0.255 e. The first-order valence-electron chi connectivity index (χ1n) is 12.9. The number of phenolic OH excluding ortho intramolecular Hbond substituents is 1. The zero-order valence-corrected chi connectivity index (χ0v) is 22.5. The predicted octanol–water partition coefficient (Wildman–Crippen LogP) is 2.12. The van der Waals surface area contributed by atoms with Gasteiger partial charge in [0.1, 0.15) is 22.8 Å². The number of nitrogens with zero attached hydrogens (tertiary/aromatic N) is 2. The fourth-order valence-electron chi connectivity index (χ4n) is 6.27. The standard InChI is InChI=1S/C28H37N3O7/c1-13(2)6-7-31(5)12-15-10-18(32)21-17(23(15)30(3)4)9-14-8-16-11-19(33)22(27(29)37)26(36)28(16,38)25(35)20(14)24(21)34/h10,13-14,16,32-33,35,38H,6-9,11-12H2,1-5H3,(H2,29,37)/t14?,16-,28-/m0/s1. The van der Waals surface area contributed by atoms with E-state index in [9.17, 15) is 34.8 Å². The molecule has 4 rings (SSSR count). The minimum atomic E-state index is -2.56. The molecule has 0 heterocycles. The number of anilines is 1. The van der Waals surface area contributed by atoms with Gasteiger partial charge >= 0.3 is 0 Å². The number of ketones is 2. The molecule has 38 heavy (non-hydrogen) atoms. The van der Waals surface area contributed by atoms with E-state index in [0.29, 0.717) is 18.0 Å². The summed E-state index contributed by atoms with van der Waals surface area (Å²) in [7, 11) is 5.74. The molecule has 3 atom stereocenters. The highest BCUT2D eigenvalue weighted by molar-refractivity contribution is 6.24. The number of aromatic hydroxyl groups is 1. The fourth-order valence-corrected chi connectivity index (χ4v) is 6.27. The van der Waals surface area contributed by atoms with Gasteiger partial charge in [-0.25, -0.2) is 0 Å². The van der Waals surface area contributed by atoms with Crippen LogP contribution in [-0.4, -0.2) is 76.1 Å². The molecule has 206 valence electrons. The van der Waals surface area contributed by atoms with E-state index < -0.39 is 52.0 Å². The normalized spacial score (nSPS) is 25.1. The summed E-state index contributed by atoms with van der Waals surface area (Å²) < 4.78 is 0. The van der Waals surface area contributed by atoms with Crippen LogP contribution in [0.5, 0.6) is 5.75 Å². The van der Waals surface area contributed by atoms with Gasteiger partial charge in [-0.05, 0) is 61.9 Å². The second-order valence-electron chi connectivity index (χ2n) is 11.5. The molecule has 0 saturated carbocycles. The van der Waals surface area contributed by atoms with Crippen molar-refractivity contribution < 1.29 is 34.8 Å². The van der Waals surface area contributed by atoms with Crippen LogP contribution in [0.15, 0.2) is 28.7 Å². The summed E-state index contributed by atoms with van der Waals surface area (Å²) in [4.78, 5) is 42.7. The highest BCUT2D eigenvalue weighted by atomic mass is 16.3. The predicted molar refractivity (Wildman–Crippen MR) is 141 cm³/mol. The third-order valence-corrected chi connectivity index (χ3v) is 8.09. The molecule has 3 aliphatic rings. The number of benzene rings is 1. The molecule has 1 aromatic carbocycles. The first-order valence-corrected chi connectivity index (χ1v) is 12.9. The summed E-state index contributed by atoms with van der Waals surface area (Å²) in [5, 5.41) is 43.9. The van der Waals surface area contributed by atoms with Crippen molar-refractivity contribution in [1.29, 1.82) is 0 Å². The first kappa shape index (κ1) is 27.7. The highest BCUT2D eigenvalue weighted by Crippen LogP contribution is 2.52. The van der Waals surface area contributed by atoms with Crippen molar-refractivity contribution >= 4 is 23.2 Å². The number of aliphatic hydroxyl groups excluding tert-OH is 2. The number of primary amides is 1. The van der Waals surface area contributed by atoms with Gasteiger partial charge in [-0.15, -0.1) is 0 Å². The van der Waals surface area contributed by atoms with Gasteiger partial charge in [0.2, 0.25) is 5.78 Å². The van der Waals surface area contributed by atoms with Crippen LogP contribution < -0.4 is 10.6 Å². The number of phenols is 1. The monoisotopic (exact) mass is 527 g/mol. The molecule has 3 aliphatic carbocycles. The molecule has 0 fully saturated rings. The average Bonchev–Trinajstić information content (AvgIpc) is 2.79. The fraction of sp³-hybridized carbons (Fsp3) is 0.536. The maximum atomic E-state index is 13.8. The van der Waals surface area contributed by atoms with Gasteiger partial charge in [0.15, 0.2) is 11.4 Å². The Balaban J connectivity index is 1.82. The number of rotatable bonds is 7. The molecule has 0 bridgehead atoms. The lowest BCUT2D eigenvalue weighted by molar-refractivity contribution is -0.144. The van der Waals surface area contributed by atoms with Crippen molar-refractivity contribution in [2.45, 2.75) is 51.7 Å². The van der Waals surface area contributed by atoms with Crippen molar-refractivity contribution in [2.75, 3.05) is 32.6 Å². The lowest BCUT2D eigenvalue weighted by atomic mass is 9.60.